The molecule has 1 N–H and O–H groups in total. The lowest BCUT2D eigenvalue weighted by atomic mass is 9.93. The minimum absolute atomic E-state index is 0.0453. The number of ether oxygens (including phenoxy) is 1. The minimum atomic E-state index is -0.488. The van der Waals surface area contributed by atoms with Gasteiger partial charge in [0, 0.05) is 34.8 Å². The summed E-state index contributed by atoms with van der Waals surface area (Å²) in [4.78, 5) is 35.6. The number of rotatable bonds is 4. The molecule has 156 valence electrons. The molecule has 1 amide bonds. The van der Waals surface area contributed by atoms with Crippen molar-refractivity contribution in [2.75, 3.05) is 5.32 Å². The van der Waals surface area contributed by atoms with E-state index in [1.807, 2.05) is 0 Å². The molecular formula is C23H17ClN2O5. The Morgan fingerprint density at radius 2 is 1.87 bits per heavy atom. The van der Waals surface area contributed by atoms with Crippen molar-refractivity contribution in [2.45, 2.75) is 19.4 Å². The maximum Gasteiger partial charge on any atom is 0.339 e. The van der Waals surface area contributed by atoms with Gasteiger partial charge in [0.2, 0.25) is 0 Å². The molecule has 1 aliphatic rings. The zero-order valence-corrected chi connectivity index (χ0v) is 17.2. The molecule has 0 fully saturated rings. The largest absolute Gasteiger partial charge is 0.454 e. The van der Waals surface area contributed by atoms with Crippen molar-refractivity contribution in [1.82, 2.24) is 0 Å². The van der Waals surface area contributed by atoms with Crippen LogP contribution >= 0.6 is 11.6 Å². The number of fused-ring (bicyclic) bond motifs is 1. The van der Waals surface area contributed by atoms with Gasteiger partial charge in [0.05, 0.1) is 10.5 Å². The zero-order valence-electron chi connectivity index (χ0n) is 16.4. The third kappa shape index (κ3) is 4.27. The van der Waals surface area contributed by atoms with Crippen molar-refractivity contribution in [1.29, 1.82) is 0 Å². The maximum absolute atomic E-state index is 12.8. The number of aryl methyl sites for hydroxylation is 1. The molecule has 1 atom stereocenters. The Balaban J connectivity index is 1.57. The topological polar surface area (TPSA) is 98.5 Å². The van der Waals surface area contributed by atoms with Gasteiger partial charge in [0.1, 0.15) is 6.10 Å². The monoisotopic (exact) mass is 436 g/mol. The molecule has 4 rings (SSSR count). The number of nitrogens with zero attached hydrogens (tertiary/aromatic N) is 1. The van der Waals surface area contributed by atoms with Crippen LogP contribution in [0.1, 0.15) is 43.5 Å². The number of nitro benzene ring substituents is 1. The second kappa shape index (κ2) is 8.20. The highest BCUT2D eigenvalue weighted by molar-refractivity contribution is 6.30. The lowest BCUT2D eigenvalue weighted by Gasteiger charge is -2.25. The van der Waals surface area contributed by atoms with Crippen molar-refractivity contribution in [3.63, 3.8) is 0 Å². The molecule has 0 saturated carbocycles. The zero-order chi connectivity index (χ0) is 22.1. The number of amides is 1. The molecule has 8 heteroatoms. The summed E-state index contributed by atoms with van der Waals surface area (Å²) in [6.07, 6.45) is -0.0343. The molecule has 0 radical (unpaired) electrons. The highest BCUT2D eigenvalue weighted by Gasteiger charge is 2.28. The van der Waals surface area contributed by atoms with Crippen LogP contribution in [-0.4, -0.2) is 16.8 Å². The minimum Gasteiger partial charge on any atom is -0.454 e. The Hall–Kier alpha value is -3.71. The van der Waals surface area contributed by atoms with E-state index in [9.17, 15) is 19.7 Å². The number of esters is 1. The lowest BCUT2D eigenvalue weighted by Crippen LogP contribution is -2.23. The highest BCUT2D eigenvalue weighted by atomic mass is 35.5. The van der Waals surface area contributed by atoms with E-state index in [1.165, 1.54) is 18.2 Å². The van der Waals surface area contributed by atoms with E-state index < -0.39 is 17.0 Å². The summed E-state index contributed by atoms with van der Waals surface area (Å²) >= 11 is 5.93. The normalized spacial score (nSPS) is 15.0. The number of carbonyl (C=O) groups is 2. The highest BCUT2D eigenvalue weighted by Crippen LogP contribution is 2.32. The van der Waals surface area contributed by atoms with E-state index in [2.05, 4.69) is 5.32 Å². The fourth-order valence-corrected chi connectivity index (χ4v) is 3.62. The molecule has 0 aromatic heterocycles. The molecule has 0 unspecified atom stereocenters. The number of cyclic esters (lactones) is 1. The van der Waals surface area contributed by atoms with Crippen LogP contribution in [0.25, 0.3) is 0 Å². The molecule has 0 aliphatic carbocycles. The summed E-state index contributed by atoms with van der Waals surface area (Å²) in [6, 6.07) is 16.1. The van der Waals surface area contributed by atoms with Gasteiger partial charge >= 0.3 is 5.97 Å². The molecular weight excluding hydrogens is 420 g/mol. The van der Waals surface area contributed by atoms with E-state index in [1.54, 1.807) is 49.4 Å². The number of nitrogens with one attached hydrogen (secondary N) is 1. The Labute approximate surface area is 182 Å². The number of anilines is 1. The SMILES string of the molecule is Cc1cc([N+](=O)[O-])ccc1NC(=O)c1ccc2c(c1)C[C@H](c1ccc(Cl)cc1)OC2=O. The van der Waals surface area contributed by atoms with Gasteiger partial charge in [0.15, 0.2) is 0 Å². The van der Waals surface area contributed by atoms with Crippen LogP contribution < -0.4 is 5.32 Å². The summed E-state index contributed by atoms with van der Waals surface area (Å²) in [5, 5.41) is 14.2. The van der Waals surface area contributed by atoms with E-state index in [-0.39, 0.29) is 11.6 Å². The van der Waals surface area contributed by atoms with Crippen molar-refractivity contribution in [3.8, 4) is 0 Å². The van der Waals surface area contributed by atoms with Crippen LogP contribution in [0.2, 0.25) is 5.02 Å². The lowest BCUT2D eigenvalue weighted by molar-refractivity contribution is -0.384. The quantitative estimate of drug-likeness (QED) is 0.341. The van der Waals surface area contributed by atoms with Gasteiger partial charge in [-0.3, -0.25) is 14.9 Å². The fraction of sp³-hybridized carbons (Fsp3) is 0.130. The second-order valence-electron chi connectivity index (χ2n) is 7.23. The van der Waals surface area contributed by atoms with Gasteiger partial charge < -0.3 is 10.1 Å². The van der Waals surface area contributed by atoms with Gasteiger partial charge in [-0.15, -0.1) is 0 Å². The number of nitro groups is 1. The van der Waals surface area contributed by atoms with Crippen molar-refractivity contribution >= 4 is 34.9 Å². The van der Waals surface area contributed by atoms with E-state index in [0.29, 0.717) is 39.4 Å². The van der Waals surface area contributed by atoms with Crippen LogP contribution in [0.5, 0.6) is 0 Å². The predicted octanol–water partition coefficient (Wildman–Crippen LogP) is 5.26. The first-order valence-corrected chi connectivity index (χ1v) is 9.85. The van der Waals surface area contributed by atoms with Gasteiger partial charge in [-0.25, -0.2) is 4.79 Å². The second-order valence-corrected chi connectivity index (χ2v) is 7.67. The average Bonchev–Trinajstić information content (AvgIpc) is 2.75. The van der Waals surface area contributed by atoms with Crippen molar-refractivity contribution in [2.24, 2.45) is 0 Å². The standard InChI is InChI=1S/C23H17ClN2O5/c1-13-10-18(26(29)30)7-9-20(13)25-22(27)15-4-8-19-16(11-15)12-21(31-23(19)28)14-2-5-17(24)6-3-14/h2-11,21H,12H2,1H3,(H,25,27)/t21-/m1/s1. The van der Waals surface area contributed by atoms with E-state index in [4.69, 9.17) is 16.3 Å². The Morgan fingerprint density at radius 3 is 2.55 bits per heavy atom. The van der Waals surface area contributed by atoms with Gasteiger partial charge in [-0.2, -0.15) is 0 Å². The average molecular weight is 437 g/mol. The molecule has 3 aromatic rings. The molecule has 7 nitrogen and oxygen atoms in total. The van der Waals surface area contributed by atoms with Crippen LogP contribution in [0.4, 0.5) is 11.4 Å². The number of carbonyl (C=O) groups excluding carboxylic acids is 2. The number of hydrogen-bond acceptors (Lipinski definition) is 5. The Kier molecular flexibility index (Phi) is 5.44. The molecule has 1 aliphatic heterocycles. The molecule has 3 aromatic carbocycles. The first-order chi connectivity index (χ1) is 14.8. The first-order valence-electron chi connectivity index (χ1n) is 9.47. The number of halogens is 1. The van der Waals surface area contributed by atoms with Crippen molar-refractivity contribution in [3.05, 3.63) is 104 Å². The molecule has 31 heavy (non-hydrogen) atoms. The maximum atomic E-state index is 12.8. The Morgan fingerprint density at radius 1 is 1.13 bits per heavy atom. The summed E-state index contributed by atoms with van der Waals surface area (Å²) in [7, 11) is 0. The summed E-state index contributed by atoms with van der Waals surface area (Å²) in [5.41, 5.74) is 3.34. The van der Waals surface area contributed by atoms with E-state index in [0.717, 1.165) is 5.56 Å². The van der Waals surface area contributed by atoms with E-state index >= 15 is 0 Å². The molecule has 0 bridgehead atoms. The molecule has 1 heterocycles. The molecule has 0 saturated heterocycles. The van der Waals surface area contributed by atoms with Crippen LogP contribution in [0.15, 0.2) is 60.7 Å². The smallest absolute Gasteiger partial charge is 0.339 e. The van der Waals surface area contributed by atoms with Gasteiger partial charge in [-0.1, -0.05) is 23.7 Å². The third-order valence-electron chi connectivity index (χ3n) is 5.15. The predicted molar refractivity (Wildman–Crippen MR) is 116 cm³/mol. The number of benzene rings is 3. The summed E-state index contributed by atoms with van der Waals surface area (Å²) in [5.74, 6) is -0.818. The third-order valence-corrected chi connectivity index (χ3v) is 5.40. The number of non-ortho nitro benzene ring substituents is 1. The first kappa shape index (κ1) is 20.6. The van der Waals surface area contributed by atoms with Crippen LogP contribution in [0.3, 0.4) is 0 Å². The Bertz CT molecular complexity index is 1210. The fourth-order valence-electron chi connectivity index (χ4n) is 3.50. The van der Waals surface area contributed by atoms with Crippen LogP contribution in [0, 0.1) is 17.0 Å². The summed E-state index contributed by atoms with van der Waals surface area (Å²) in [6.45, 7) is 1.68. The summed E-state index contributed by atoms with van der Waals surface area (Å²) < 4.78 is 5.54. The van der Waals surface area contributed by atoms with Gasteiger partial charge in [-0.05, 0) is 60.0 Å². The van der Waals surface area contributed by atoms with Crippen molar-refractivity contribution < 1.29 is 19.2 Å². The van der Waals surface area contributed by atoms with Crippen LogP contribution in [-0.2, 0) is 11.2 Å². The molecule has 0 spiro atoms. The number of hydrogen-bond donors (Lipinski definition) is 1. The van der Waals surface area contributed by atoms with Gasteiger partial charge in [0.25, 0.3) is 11.6 Å².